The van der Waals surface area contributed by atoms with Crippen LogP contribution in [-0.2, 0) is 14.3 Å². The van der Waals surface area contributed by atoms with E-state index in [4.69, 9.17) is 9.84 Å². The van der Waals surface area contributed by atoms with Crippen molar-refractivity contribution in [2.45, 2.75) is 25.3 Å². The smallest absolute Gasteiger partial charge is 0.328 e. The fourth-order valence-electron chi connectivity index (χ4n) is 1.80. The average molecular weight is 283 g/mol. The maximum atomic E-state index is 13.1. The Kier molecular flexibility index (Phi) is 6.11. The van der Waals surface area contributed by atoms with Crippen LogP contribution in [0.3, 0.4) is 0 Å². The zero-order chi connectivity index (χ0) is 15.1. The summed E-state index contributed by atoms with van der Waals surface area (Å²) in [6.07, 6.45) is 0.0803. The van der Waals surface area contributed by atoms with Gasteiger partial charge >= 0.3 is 5.97 Å². The molecule has 1 amide bonds. The Morgan fingerprint density at radius 3 is 2.70 bits per heavy atom. The van der Waals surface area contributed by atoms with E-state index in [2.05, 4.69) is 5.32 Å². The number of nitrogens with one attached hydrogen (secondary N) is 1. The highest BCUT2D eigenvalue weighted by Crippen LogP contribution is 2.19. The van der Waals surface area contributed by atoms with Gasteiger partial charge in [0.1, 0.15) is 5.82 Å². The van der Waals surface area contributed by atoms with E-state index in [9.17, 15) is 14.0 Å². The first-order valence-corrected chi connectivity index (χ1v) is 6.20. The lowest BCUT2D eigenvalue weighted by Gasteiger charge is -2.16. The highest BCUT2D eigenvalue weighted by molar-refractivity contribution is 5.84. The largest absolute Gasteiger partial charge is 0.480 e. The quantitative estimate of drug-likeness (QED) is 0.796. The standard InChI is InChI=1S/C14H18FNO4/c1-9(10-4-3-5-11(15)7-10)6-13(17)16-12(8-20-2)14(18)19/h3-5,7,9,12H,6,8H2,1-2H3,(H,16,17)(H,18,19). The van der Waals surface area contributed by atoms with Crippen molar-refractivity contribution in [2.24, 2.45) is 0 Å². The summed E-state index contributed by atoms with van der Waals surface area (Å²) in [5, 5.41) is 11.3. The molecule has 0 aliphatic rings. The van der Waals surface area contributed by atoms with Gasteiger partial charge in [-0.25, -0.2) is 9.18 Å². The lowest BCUT2D eigenvalue weighted by Crippen LogP contribution is -2.44. The van der Waals surface area contributed by atoms with Crippen molar-refractivity contribution >= 4 is 11.9 Å². The van der Waals surface area contributed by atoms with Crippen molar-refractivity contribution in [1.82, 2.24) is 5.32 Å². The van der Waals surface area contributed by atoms with Crippen molar-refractivity contribution in [3.63, 3.8) is 0 Å². The minimum absolute atomic E-state index is 0.0803. The Bertz CT molecular complexity index is 478. The van der Waals surface area contributed by atoms with Crippen LogP contribution in [0, 0.1) is 5.82 Å². The van der Waals surface area contributed by atoms with Crippen LogP contribution in [0.4, 0.5) is 4.39 Å². The number of halogens is 1. The van der Waals surface area contributed by atoms with E-state index in [0.717, 1.165) is 0 Å². The van der Waals surface area contributed by atoms with Crippen LogP contribution in [0.25, 0.3) is 0 Å². The molecular weight excluding hydrogens is 265 g/mol. The monoisotopic (exact) mass is 283 g/mol. The van der Waals surface area contributed by atoms with Gasteiger partial charge in [0, 0.05) is 13.5 Å². The van der Waals surface area contributed by atoms with Crippen molar-refractivity contribution in [3.8, 4) is 0 Å². The Hall–Kier alpha value is -1.95. The van der Waals surface area contributed by atoms with Gasteiger partial charge in [0.15, 0.2) is 6.04 Å². The van der Waals surface area contributed by atoms with Crippen LogP contribution < -0.4 is 5.32 Å². The molecule has 1 aromatic carbocycles. The molecule has 0 heterocycles. The first-order chi connectivity index (χ1) is 9.43. The third kappa shape index (κ3) is 4.97. The molecule has 0 aliphatic heterocycles. The summed E-state index contributed by atoms with van der Waals surface area (Å²) in [6, 6.07) is 4.92. The summed E-state index contributed by atoms with van der Waals surface area (Å²) in [5.74, 6) is -2.13. The maximum absolute atomic E-state index is 13.1. The molecule has 0 radical (unpaired) electrons. The molecule has 0 aliphatic carbocycles. The second-order valence-corrected chi connectivity index (χ2v) is 4.57. The molecule has 0 saturated carbocycles. The van der Waals surface area contributed by atoms with Crippen LogP contribution in [0.5, 0.6) is 0 Å². The first-order valence-electron chi connectivity index (χ1n) is 6.20. The number of benzene rings is 1. The van der Waals surface area contributed by atoms with Crippen LogP contribution in [0.15, 0.2) is 24.3 Å². The van der Waals surface area contributed by atoms with Gasteiger partial charge in [-0.3, -0.25) is 4.79 Å². The molecule has 2 N–H and O–H groups in total. The normalized spacial score (nSPS) is 13.6. The lowest BCUT2D eigenvalue weighted by atomic mass is 9.97. The fourth-order valence-corrected chi connectivity index (χ4v) is 1.80. The van der Waals surface area contributed by atoms with Gasteiger partial charge in [0.25, 0.3) is 0 Å². The number of rotatable bonds is 7. The van der Waals surface area contributed by atoms with E-state index >= 15 is 0 Å². The van der Waals surface area contributed by atoms with Gasteiger partial charge in [-0.2, -0.15) is 0 Å². The number of carboxylic acid groups (broad SMARTS) is 1. The molecular formula is C14H18FNO4. The molecule has 0 aromatic heterocycles. The number of hydrogen-bond acceptors (Lipinski definition) is 3. The van der Waals surface area contributed by atoms with Gasteiger partial charge in [-0.1, -0.05) is 19.1 Å². The molecule has 5 nitrogen and oxygen atoms in total. The summed E-state index contributed by atoms with van der Waals surface area (Å²) in [4.78, 5) is 22.7. The third-order valence-electron chi connectivity index (χ3n) is 2.88. The second kappa shape index (κ2) is 7.59. The van der Waals surface area contributed by atoms with E-state index < -0.39 is 17.9 Å². The van der Waals surface area contributed by atoms with Gasteiger partial charge in [0.2, 0.25) is 5.91 Å². The second-order valence-electron chi connectivity index (χ2n) is 4.57. The van der Waals surface area contributed by atoms with Crippen LogP contribution in [-0.4, -0.2) is 36.7 Å². The number of carbonyl (C=O) groups excluding carboxylic acids is 1. The van der Waals surface area contributed by atoms with E-state index in [-0.39, 0.29) is 24.8 Å². The Labute approximate surface area is 116 Å². The van der Waals surface area contributed by atoms with Crippen molar-refractivity contribution in [3.05, 3.63) is 35.6 Å². The molecule has 0 spiro atoms. The van der Waals surface area contributed by atoms with Crippen molar-refractivity contribution < 1.29 is 23.8 Å². The topological polar surface area (TPSA) is 75.6 Å². The summed E-state index contributed by atoms with van der Waals surface area (Å²) in [7, 11) is 1.36. The van der Waals surface area contributed by atoms with Crippen LogP contribution in [0.1, 0.15) is 24.8 Å². The molecule has 0 fully saturated rings. The van der Waals surface area contributed by atoms with Crippen LogP contribution in [0.2, 0.25) is 0 Å². The molecule has 20 heavy (non-hydrogen) atoms. The predicted molar refractivity (Wildman–Crippen MR) is 70.9 cm³/mol. The molecule has 110 valence electrons. The highest BCUT2D eigenvalue weighted by Gasteiger charge is 2.21. The number of methoxy groups -OCH3 is 1. The number of carboxylic acids is 1. The minimum Gasteiger partial charge on any atom is -0.480 e. The molecule has 6 heteroatoms. The Balaban J connectivity index is 2.59. The van der Waals surface area contributed by atoms with Gasteiger partial charge < -0.3 is 15.2 Å². The molecule has 0 saturated heterocycles. The average Bonchev–Trinajstić information content (AvgIpc) is 2.38. The SMILES string of the molecule is COCC(NC(=O)CC(C)c1cccc(F)c1)C(=O)O. The highest BCUT2D eigenvalue weighted by atomic mass is 19.1. The van der Waals surface area contributed by atoms with E-state index in [1.165, 1.54) is 19.2 Å². The summed E-state index contributed by atoms with van der Waals surface area (Å²) in [5.41, 5.74) is 0.693. The Morgan fingerprint density at radius 2 is 2.15 bits per heavy atom. The molecule has 1 aromatic rings. The van der Waals surface area contributed by atoms with E-state index in [1.54, 1.807) is 19.1 Å². The molecule has 2 unspecified atom stereocenters. The summed E-state index contributed by atoms with van der Waals surface area (Å²) < 4.78 is 17.8. The zero-order valence-corrected chi connectivity index (χ0v) is 11.4. The van der Waals surface area contributed by atoms with Crippen LogP contribution >= 0.6 is 0 Å². The summed E-state index contributed by atoms with van der Waals surface area (Å²) >= 11 is 0. The summed E-state index contributed by atoms with van der Waals surface area (Å²) in [6.45, 7) is 1.68. The van der Waals surface area contributed by atoms with E-state index in [1.807, 2.05) is 0 Å². The first kappa shape index (κ1) is 16.1. The predicted octanol–water partition coefficient (Wildman–Crippen LogP) is 1.54. The number of hydrogen-bond donors (Lipinski definition) is 2. The van der Waals surface area contributed by atoms with Gasteiger partial charge in [0.05, 0.1) is 6.61 Å². The zero-order valence-electron chi connectivity index (χ0n) is 11.4. The van der Waals surface area contributed by atoms with Crippen molar-refractivity contribution in [1.29, 1.82) is 0 Å². The third-order valence-corrected chi connectivity index (χ3v) is 2.88. The number of aliphatic carboxylic acids is 1. The Morgan fingerprint density at radius 1 is 1.45 bits per heavy atom. The fraction of sp³-hybridized carbons (Fsp3) is 0.429. The number of ether oxygens (including phenoxy) is 1. The van der Waals surface area contributed by atoms with Crippen molar-refractivity contribution in [2.75, 3.05) is 13.7 Å². The lowest BCUT2D eigenvalue weighted by molar-refractivity contribution is -0.143. The van der Waals surface area contributed by atoms with Gasteiger partial charge in [-0.15, -0.1) is 0 Å². The molecule has 1 rings (SSSR count). The molecule has 0 bridgehead atoms. The molecule has 2 atom stereocenters. The maximum Gasteiger partial charge on any atom is 0.328 e. The van der Waals surface area contributed by atoms with E-state index in [0.29, 0.717) is 5.56 Å². The van der Waals surface area contributed by atoms with Gasteiger partial charge in [-0.05, 0) is 23.6 Å². The minimum atomic E-state index is -1.15. The number of amides is 1. The number of carbonyl (C=O) groups is 2.